The first-order valence-corrected chi connectivity index (χ1v) is 12.0. The van der Waals surface area contributed by atoms with Crippen LogP contribution in [0.3, 0.4) is 0 Å². The lowest BCUT2D eigenvalue weighted by atomic mass is 10.2. The van der Waals surface area contributed by atoms with Gasteiger partial charge in [0.25, 0.3) is 5.91 Å². The predicted molar refractivity (Wildman–Crippen MR) is 119 cm³/mol. The molecular formula is C21H29N3O3S2. The standard InChI is InChI=1S/C21H29N3O3S2/c1-4-12-22-21(25)18-9-7-11-20(16-18)29(26,27)24(14-13-23(5-2)6-3)17-19-10-8-15-28-19/h4,7-11,15-16H,1,5-6,12-14,17H2,2-3H3,(H,22,25). The van der Waals surface area contributed by atoms with Crippen LogP contribution < -0.4 is 5.32 Å². The Labute approximate surface area is 177 Å². The smallest absolute Gasteiger partial charge is 0.251 e. The van der Waals surface area contributed by atoms with Crippen LogP contribution in [0.5, 0.6) is 0 Å². The van der Waals surface area contributed by atoms with E-state index in [-0.39, 0.29) is 10.8 Å². The maximum absolute atomic E-state index is 13.4. The third-order valence-corrected chi connectivity index (χ3v) is 7.32. The highest BCUT2D eigenvalue weighted by Gasteiger charge is 2.26. The van der Waals surface area contributed by atoms with Gasteiger partial charge in [-0.2, -0.15) is 4.31 Å². The molecule has 2 aromatic rings. The molecule has 29 heavy (non-hydrogen) atoms. The lowest BCUT2D eigenvalue weighted by Gasteiger charge is -2.26. The van der Waals surface area contributed by atoms with E-state index in [9.17, 15) is 13.2 Å². The Balaban J connectivity index is 2.30. The largest absolute Gasteiger partial charge is 0.349 e. The molecule has 1 heterocycles. The van der Waals surface area contributed by atoms with E-state index in [1.54, 1.807) is 24.3 Å². The van der Waals surface area contributed by atoms with Crippen molar-refractivity contribution in [3.63, 3.8) is 0 Å². The number of carbonyl (C=O) groups is 1. The van der Waals surface area contributed by atoms with Gasteiger partial charge in [-0.1, -0.05) is 32.1 Å². The molecule has 158 valence electrons. The summed E-state index contributed by atoms with van der Waals surface area (Å²) in [6, 6.07) is 10.0. The minimum Gasteiger partial charge on any atom is -0.349 e. The Morgan fingerprint density at radius 1 is 1.17 bits per heavy atom. The number of sulfonamides is 1. The number of likely N-dealkylation sites (N-methyl/N-ethyl adjacent to an activating group) is 1. The van der Waals surface area contributed by atoms with E-state index in [4.69, 9.17) is 0 Å². The number of rotatable bonds is 12. The van der Waals surface area contributed by atoms with Gasteiger partial charge in [-0.3, -0.25) is 4.79 Å². The molecule has 1 aromatic heterocycles. The van der Waals surface area contributed by atoms with Gasteiger partial charge in [0, 0.05) is 36.6 Å². The van der Waals surface area contributed by atoms with Gasteiger partial charge in [0.1, 0.15) is 0 Å². The Kier molecular flexibility index (Phi) is 9.03. The fourth-order valence-corrected chi connectivity index (χ4v) is 5.12. The first kappa shape index (κ1) is 23.3. The van der Waals surface area contributed by atoms with Gasteiger partial charge in [-0.15, -0.1) is 17.9 Å². The lowest BCUT2D eigenvalue weighted by Crippen LogP contribution is -2.38. The minimum absolute atomic E-state index is 0.125. The number of hydrogen-bond donors (Lipinski definition) is 1. The van der Waals surface area contributed by atoms with Gasteiger partial charge in [0.05, 0.1) is 4.90 Å². The predicted octanol–water partition coefficient (Wildman–Crippen LogP) is 3.20. The fourth-order valence-electron chi connectivity index (χ4n) is 2.87. The number of nitrogens with zero attached hydrogens (tertiary/aromatic N) is 2. The highest BCUT2D eigenvalue weighted by molar-refractivity contribution is 7.89. The van der Waals surface area contributed by atoms with Gasteiger partial charge in [0.2, 0.25) is 10.0 Å². The van der Waals surface area contributed by atoms with Crippen LogP contribution in [0.15, 0.2) is 59.3 Å². The average molecular weight is 436 g/mol. The summed E-state index contributed by atoms with van der Waals surface area (Å²) in [5.74, 6) is -0.324. The molecule has 0 spiro atoms. The van der Waals surface area contributed by atoms with E-state index in [0.717, 1.165) is 18.0 Å². The van der Waals surface area contributed by atoms with Crippen LogP contribution in [0.2, 0.25) is 0 Å². The second-order valence-corrected chi connectivity index (χ2v) is 9.44. The van der Waals surface area contributed by atoms with Crippen molar-refractivity contribution in [2.75, 3.05) is 32.7 Å². The molecule has 0 bridgehead atoms. The van der Waals surface area contributed by atoms with Crippen LogP contribution in [0.25, 0.3) is 0 Å². The van der Waals surface area contributed by atoms with Gasteiger partial charge in [-0.25, -0.2) is 8.42 Å². The Morgan fingerprint density at radius 3 is 2.55 bits per heavy atom. The quantitative estimate of drug-likeness (QED) is 0.520. The molecule has 0 unspecified atom stereocenters. The van der Waals surface area contributed by atoms with Crippen LogP contribution in [0, 0.1) is 0 Å². The van der Waals surface area contributed by atoms with Crippen LogP contribution in [0.4, 0.5) is 0 Å². The minimum atomic E-state index is -3.75. The number of hydrogen-bond acceptors (Lipinski definition) is 5. The zero-order chi connectivity index (χ0) is 21.3. The van der Waals surface area contributed by atoms with E-state index >= 15 is 0 Å². The summed E-state index contributed by atoms with van der Waals surface area (Å²) in [6.45, 7) is 11.1. The van der Waals surface area contributed by atoms with Crippen molar-refractivity contribution < 1.29 is 13.2 Å². The topological polar surface area (TPSA) is 69.7 Å². The van der Waals surface area contributed by atoms with Crippen molar-refractivity contribution in [2.24, 2.45) is 0 Å². The van der Waals surface area contributed by atoms with Crippen molar-refractivity contribution in [2.45, 2.75) is 25.3 Å². The normalized spacial score (nSPS) is 11.7. The Bertz CT molecular complexity index is 892. The van der Waals surface area contributed by atoms with Gasteiger partial charge in [0.15, 0.2) is 0 Å². The number of nitrogens with one attached hydrogen (secondary N) is 1. The molecule has 8 heteroatoms. The average Bonchev–Trinajstić information content (AvgIpc) is 3.25. The summed E-state index contributed by atoms with van der Waals surface area (Å²) in [4.78, 5) is 15.5. The third kappa shape index (κ3) is 6.50. The molecule has 0 saturated heterocycles. The number of thiophene rings is 1. The van der Waals surface area contributed by atoms with E-state index in [0.29, 0.717) is 31.7 Å². The molecule has 1 amide bonds. The first-order valence-electron chi connectivity index (χ1n) is 9.66. The molecule has 0 aliphatic heterocycles. The molecule has 0 aliphatic carbocycles. The van der Waals surface area contributed by atoms with Crippen LogP contribution in [0.1, 0.15) is 29.1 Å². The zero-order valence-electron chi connectivity index (χ0n) is 17.0. The maximum Gasteiger partial charge on any atom is 0.251 e. The van der Waals surface area contributed by atoms with E-state index < -0.39 is 10.0 Å². The summed E-state index contributed by atoms with van der Waals surface area (Å²) >= 11 is 1.53. The van der Waals surface area contributed by atoms with Gasteiger partial charge < -0.3 is 10.2 Å². The lowest BCUT2D eigenvalue weighted by molar-refractivity contribution is 0.0958. The van der Waals surface area contributed by atoms with Crippen molar-refractivity contribution in [3.8, 4) is 0 Å². The summed E-state index contributed by atoms with van der Waals surface area (Å²) in [7, 11) is -3.75. The van der Waals surface area contributed by atoms with Gasteiger partial charge in [-0.05, 0) is 42.7 Å². The van der Waals surface area contributed by atoms with Crippen molar-refractivity contribution in [1.82, 2.24) is 14.5 Å². The summed E-state index contributed by atoms with van der Waals surface area (Å²) in [5, 5.41) is 4.62. The summed E-state index contributed by atoms with van der Waals surface area (Å²) < 4.78 is 28.3. The van der Waals surface area contributed by atoms with E-state index in [1.165, 1.54) is 21.7 Å². The number of amides is 1. The molecule has 1 aromatic carbocycles. The number of carbonyl (C=O) groups excluding carboxylic acids is 1. The van der Waals surface area contributed by atoms with Crippen LogP contribution in [-0.4, -0.2) is 56.3 Å². The fraction of sp³-hybridized carbons (Fsp3) is 0.381. The van der Waals surface area contributed by atoms with Crippen LogP contribution in [-0.2, 0) is 16.6 Å². The van der Waals surface area contributed by atoms with E-state index in [2.05, 4.69) is 30.6 Å². The molecule has 0 atom stereocenters. The third-order valence-electron chi connectivity index (χ3n) is 4.61. The Morgan fingerprint density at radius 2 is 1.93 bits per heavy atom. The molecule has 0 saturated carbocycles. The summed E-state index contributed by atoms with van der Waals surface area (Å²) in [6.07, 6.45) is 1.58. The highest BCUT2D eigenvalue weighted by Crippen LogP contribution is 2.21. The summed E-state index contributed by atoms with van der Waals surface area (Å²) in [5.41, 5.74) is 0.313. The molecule has 2 rings (SSSR count). The van der Waals surface area contributed by atoms with Crippen LogP contribution >= 0.6 is 11.3 Å². The van der Waals surface area contributed by atoms with Gasteiger partial charge >= 0.3 is 0 Å². The van der Waals surface area contributed by atoms with E-state index in [1.807, 2.05) is 17.5 Å². The molecular weight excluding hydrogens is 406 g/mol. The van der Waals surface area contributed by atoms with Crippen molar-refractivity contribution >= 4 is 27.3 Å². The SMILES string of the molecule is C=CCNC(=O)c1cccc(S(=O)(=O)N(CCN(CC)CC)Cc2cccs2)c1. The van der Waals surface area contributed by atoms with Crippen molar-refractivity contribution in [3.05, 3.63) is 64.9 Å². The Hall–Kier alpha value is -2.00. The number of benzene rings is 1. The molecule has 1 N–H and O–H groups in total. The molecule has 6 nitrogen and oxygen atoms in total. The molecule has 0 radical (unpaired) electrons. The monoisotopic (exact) mass is 435 g/mol. The highest BCUT2D eigenvalue weighted by atomic mass is 32.2. The van der Waals surface area contributed by atoms with Crippen molar-refractivity contribution in [1.29, 1.82) is 0 Å². The first-order chi connectivity index (χ1) is 13.9. The second-order valence-electron chi connectivity index (χ2n) is 6.47. The zero-order valence-corrected chi connectivity index (χ0v) is 18.6. The molecule has 0 fully saturated rings. The second kappa shape index (κ2) is 11.3. The molecule has 0 aliphatic rings. The maximum atomic E-state index is 13.4.